The first-order valence-corrected chi connectivity index (χ1v) is 13.3. The largest absolute Gasteiger partial charge is 0.444 e. The minimum Gasteiger partial charge on any atom is -0.444 e. The van der Waals surface area contributed by atoms with Crippen LogP contribution >= 0.6 is 11.6 Å². The first-order chi connectivity index (χ1) is 18.6. The number of carbonyl (C=O) groups excluding carboxylic acids is 4. The van der Waals surface area contributed by atoms with Gasteiger partial charge in [0.1, 0.15) is 17.7 Å². The van der Waals surface area contributed by atoms with Gasteiger partial charge in [-0.05, 0) is 76.3 Å². The number of halogens is 1. The lowest BCUT2D eigenvalue weighted by atomic mass is 9.97. The predicted molar refractivity (Wildman–Crippen MR) is 154 cm³/mol. The van der Waals surface area contributed by atoms with E-state index >= 15 is 0 Å². The van der Waals surface area contributed by atoms with Crippen molar-refractivity contribution in [1.29, 1.82) is 0 Å². The fourth-order valence-corrected chi connectivity index (χ4v) is 4.33. The number of rotatable bonds is 11. The van der Waals surface area contributed by atoms with Crippen molar-refractivity contribution in [2.45, 2.75) is 72.1 Å². The molecule has 218 valence electrons. The van der Waals surface area contributed by atoms with Crippen molar-refractivity contribution in [2.24, 2.45) is 5.73 Å². The summed E-state index contributed by atoms with van der Waals surface area (Å²) in [5, 5.41) is 15.6. The molecule has 0 radical (unpaired) electrons. The molecule has 0 aliphatic carbocycles. The number of primary amides is 1. The monoisotopic (exact) mass is 574 g/mol. The van der Waals surface area contributed by atoms with Gasteiger partial charge in [-0.1, -0.05) is 41.9 Å². The number of aryl methyl sites for hydroxylation is 3. The average molecular weight is 575 g/mol. The molecule has 2 atom stereocenters. The molecule has 0 fully saturated rings. The van der Waals surface area contributed by atoms with Gasteiger partial charge >= 0.3 is 6.09 Å². The van der Waals surface area contributed by atoms with Crippen molar-refractivity contribution in [3.63, 3.8) is 0 Å². The average Bonchev–Trinajstić information content (AvgIpc) is 2.84. The minimum atomic E-state index is -1.27. The van der Waals surface area contributed by atoms with E-state index in [9.17, 15) is 24.3 Å². The normalized spacial score (nSPS) is 12.7. The second kappa shape index (κ2) is 14.1. The summed E-state index contributed by atoms with van der Waals surface area (Å²) in [6, 6.07) is 8.03. The maximum Gasteiger partial charge on any atom is 0.408 e. The molecule has 2 aromatic carbocycles. The molecule has 0 aromatic heterocycles. The minimum absolute atomic E-state index is 0.139. The van der Waals surface area contributed by atoms with E-state index in [1.165, 1.54) is 4.90 Å². The molecule has 0 saturated heterocycles. The fourth-order valence-electron chi connectivity index (χ4n) is 4.06. The molecule has 0 aliphatic rings. The van der Waals surface area contributed by atoms with Crippen LogP contribution in [0.2, 0.25) is 5.02 Å². The Balaban J connectivity index is 2.58. The zero-order chi connectivity index (χ0) is 30.2. The standard InChI is InChI=1S/C29H39ClN4O6/c1-17-10-11-20(16-19(17)3)25(26(37)33-24-18(2)8-7-9-21(24)30)34(14-15-35)27(38)22(12-13-23(31)36)32-28(39)40-29(4,5)6/h7-11,16,22,25,35H,12-15H2,1-6H3,(H2,31,36)(H,32,39)(H,33,37). The van der Waals surface area contributed by atoms with Crippen molar-refractivity contribution in [1.82, 2.24) is 10.2 Å². The number of alkyl carbamates (subject to hydrolysis) is 1. The zero-order valence-electron chi connectivity index (χ0n) is 23.8. The number of anilines is 1. The third-order valence-electron chi connectivity index (χ3n) is 6.17. The van der Waals surface area contributed by atoms with E-state index in [0.29, 0.717) is 21.8 Å². The summed E-state index contributed by atoms with van der Waals surface area (Å²) in [6.07, 6.45) is -1.23. The summed E-state index contributed by atoms with van der Waals surface area (Å²) in [6.45, 7) is 9.88. The van der Waals surface area contributed by atoms with Gasteiger partial charge in [-0.2, -0.15) is 0 Å². The lowest BCUT2D eigenvalue weighted by Gasteiger charge is -2.34. The Bertz CT molecular complexity index is 1220. The number of hydrogen-bond donors (Lipinski definition) is 4. The lowest BCUT2D eigenvalue weighted by Crippen LogP contribution is -2.53. The van der Waals surface area contributed by atoms with Crippen molar-refractivity contribution < 1.29 is 29.0 Å². The predicted octanol–water partition coefficient (Wildman–Crippen LogP) is 3.92. The maximum atomic E-state index is 14.0. The van der Waals surface area contributed by atoms with Gasteiger partial charge in [-0.15, -0.1) is 0 Å². The second-order valence-corrected chi connectivity index (χ2v) is 11.0. The van der Waals surface area contributed by atoms with E-state index in [1.807, 2.05) is 19.9 Å². The number of benzene rings is 2. The van der Waals surface area contributed by atoms with E-state index in [2.05, 4.69) is 10.6 Å². The summed E-state index contributed by atoms with van der Waals surface area (Å²) in [4.78, 5) is 53.2. The van der Waals surface area contributed by atoms with E-state index in [4.69, 9.17) is 22.1 Å². The Hall–Kier alpha value is -3.63. The maximum absolute atomic E-state index is 14.0. The van der Waals surface area contributed by atoms with E-state index in [0.717, 1.165) is 11.1 Å². The molecule has 0 spiro atoms. The summed E-state index contributed by atoms with van der Waals surface area (Å²) in [5.41, 5.74) is 7.93. The van der Waals surface area contributed by atoms with Gasteiger partial charge in [-0.25, -0.2) is 4.79 Å². The first kappa shape index (κ1) is 32.6. The van der Waals surface area contributed by atoms with Gasteiger partial charge in [0.05, 0.1) is 17.3 Å². The second-order valence-electron chi connectivity index (χ2n) is 10.6. The first-order valence-electron chi connectivity index (χ1n) is 13.0. The molecule has 4 amide bonds. The summed E-state index contributed by atoms with van der Waals surface area (Å²) in [7, 11) is 0. The SMILES string of the molecule is Cc1ccc(C(C(=O)Nc2c(C)cccc2Cl)N(CCO)C(=O)C(CCC(N)=O)NC(=O)OC(C)(C)C)cc1C. The summed E-state index contributed by atoms with van der Waals surface area (Å²) >= 11 is 6.36. The highest BCUT2D eigenvalue weighted by Crippen LogP contribution is 2.30. The number of carbonyl (C=O) groups is 4. The molecule has 10 nitrogen and oxygen atoms in total. The van der Waals surface area contributed by atoms with Crippen LogP contribution in [0, 0.1) is 20.8 Å². The van der Waals surface area contributed by atoms with Crippen molar-refractivity contribution in [3.05, 3.63) is 63.7 Å². The van der Waals surface area contributed by atoms with E-state index in [-0.39, 0.29) is 19.4 Å². The van der Waals surface area contributed by atoms with Crippen molar-refractivity contribution >= 4 is 41.1 Å². The molecular weight excluding hydrogens is 536 g/mol. The number of ether oxygens (including phenoxy) is 1. The van der Waals surface area contributed by atoms with E-state index in [1.54, 1.807) is 58.0 Å². The molecule has 40 heavy (non-hydrogen) atoms. The van der Waals surface area contributed by atoms with Gasteiger partial charge in [0.15, 0.2) is 0 Å². The molecule has 0 bridgehead atoms. The lowest BCUT2D eigenvalue weighted by molar-refractivity contribution is -0.141. The molecule has 0 heterocycles. The number of para-hydroxylation sites is 1. The molecule has 0 saturated carbocycles. The van der Waals surface area contributed by atoms with Gasteiger partial charge in [0.25, 0.3) is 5.91 Å². The smallest absolute Gasteiger partial charge is 0.408 e. The van der Waals surface area contributed by atoms with Crippen LogP contribution in [0.3, 0.4) is 0 Å². The molecule has 2 aromatic rings. The van der Waals surface area contributed by atoms with Crippen LogP contribution in [0.15, 0.2) is 36.4 Å². The highest BCUT2D eigenvalue weighted by Gasteiger charge is 2.36. The molecule has 2 rings (SSSR count). The van der Waals surface area contributed by atoms with Crippen LogP contribution in [0.4, 0.5) is 10.5 Å². The Morgan fingerprint density at radius 3 is 2.27 bits per heavy atom. The Labute approximate surface area is 240 Å². The van der Waals surface area contributed by atoms with Crippen LogP contribution in [-0.4, -0.2) is 58.6 Å². The number of aliphatic hydroxyl groups excluding tert-OH is 1. The van der Waals surface area contributed by atoms with Gasteiger partial charge in [0.2, 0.25) is 11.8 Å². The number of nitrogens with zero attached hydrogens (tertiary/aromatic N) is 1. The van der Waals surface area contributed by atoms with Crippen LogP contribution in [0.1, 0.15) is 61.9 Å². The molecule has 5 N–H and O–H groups in total. The molecular formula is C29H39ClN4O6. The van der Waals surface area contributed by atoms with Crippen LogP contribution in [0.25, 0.3) is 0 Å². The summed E-state index contributed by atoms with van der Waals surface area (Å²) in [5.74, 6) is -1.95. The highest BCUT2D eigenvalue weighted by molar-refractivity contribution is 6.34. The van der Waals surface area contributed by atoms with Crippen molar-refractivity contribution in [3.8, 4) is 0 Å². The molecule has 2 unspecified atom stereocenters. The quantitative estimate of drug-likeness (QED) is 0.319. The number of amides is 4. The van der Waals surface area contributed by atoms with Gasteiger partial charge < -0.3 is 31.1 Å². The number of hydrogen-bond acceptors (Lipinski definition) is 6. The topological polar surface area (TPSA) is 151 Å². The van der Waals surface area contributed by atoms with Crippen LogP contribution < -0.4 is 16.4 Å². The Kier molecular flexibility index (Phi) is 11.5. The number of nitrogens with one attached hydrogen (secondary N) is 2. The Morgan fingerprint density at radius 2 is 1.73 bits per heavy atom. The van der Waals surface area contributed by atoms with Gasteiger partial charge in [0, 0.05) is 13.0 Å². The van der Waals surface area contributed by atoms with Crippen LogP contribution in [-0.2, 0) is 19.1 Å². The molecule has 11 heteroatoms. The third kappa shape index (κ3) is 9.24. The fraction of sp³-hybridized carbons (Fsp3) is 0.448. The highest BCUT2D eigenvalue weighted by atomic mass is 35.5. The van der Waals surface area contributed by atoms with Crippen molar-refractivity contribution in [2.75, 3.05) is 18.5 Å². The number of nitrogens with two attached hydrogens (primary N) is 1. The van der Waals surface area contributed by atoms with Crippen LogP contribution in [0.5, 0.6) is 0 Å². The molecule has 0 aliphatic heterocycles. The van der Waals surface area contributed by atoms with E-state index < -0.39 is 48.1 Å². The number of aliphatic hydroxyl groups is 1. The summed E-state index contributed by atoms with van der Waals surface area (Å²) < 4.78 is 5.31. The third-order valence-corrected chi connectivity index (χ3v) is 6.48. The van der Waals surface area contributed by atoms with Gasteiger partial charge in [-0.3, -0.25) is 14.4 Å². The zero-order valence-corrected chi connectivity index (χ0v) is 24.6. The Morgan fingerprint density at radius 1 is 1.05 bits per heavy atom.